The minimum atomic E-state index is -0.631. The first-order valence-corrected chi connectivity index (χ1v) is 14.4. The Balaban J connectivity index is 1.17. The predicted molar refractivity (Wildman–Crippen MR) is 161 cm³/mol. The summed E-state index contributed by atoms with van der Waals surface area (Å²) in [6.07, 6.45) is 5.70. The number of nitrogens with one attached hydrogen (secondary N) is 1. The molecule has 1 unspecified atom stereocenters. The minimum absolute atomic E-state index is 0.0194. The maximum Gasteiger partial charge on any atom is 0.408 e. The van der Waals surface area contributed by atoms with Crippen LogP contribution in [-0.4, -0.2) is 57.0 Å². The number of carbonyl (C=O) groups is 2. The molecule has 0 saturated carbocycles. The standard InChI is InChI=1S/C33H32N6O4/c1-32(2,3)43-31(41)36-33(19-42-20-33)24-15-29(40)39(18-24)26-9-10-27-23(13-26)17-37-16-22(21-5-7-25(34-4)8-6-21)14-28(37)30-35-11-12-38(27)30/h5-14,16,24H,15,17-20H2,1-3H3,(H,36,41). The number of alkyl carbamates (subject to hydrolysis) is 1. The number of amides is 2. The van der Waals surface area contributed by atoms with Crippen LogP contribution in [0, 0.1) is 12.5 Å². The summed E-state index contributed by atoms with van der Waals surface area (Å²) in [5, 5.41) is 3.03. The molecule has 3 aliphatic rings. The molecule has 0 spiro atoms. The van der Waals surface area contributed by atoms with E-state index in [1.165, 1.54) is 0 Å². The van der Waals surface area contributed by atoms with E-state index < -0.39 is 17.2 Å². The second-order valence-corrected chi connectivity index (χ2v) is 12.5. The van der Waals surface area contributed by atoms with Crippen molar-refractivity contribution in [2.75, 3.05) is 24.7 Å². The molecule has 218 valence electrons. The Kier molecular flexibility index (Phi) is 6.18. The Hall–Kier alpha value is -4.88. The number of imidazole rings is 1. The molecule has 0 aliphatic carbocycles. The van der Waals surface area contributed by atoms with Crippen molar-refractivity contribution in [3.8, 4) is 28.3 Å². The van der Waals surface area contributed by atoms with Gasteiger partial charge in [-0.1, -0.05) is 24.3 Å². The molecule has 5 heterocycles. The number of hydrogen-bond acceptors (Lipinski definition) is 5. The monoisotopic (exact) mass is 576 g/mol. The Morgan fingerprint density at radius 2 is 1.93 bits per heavy atom. The summed E-state index contributed by atoms with van der Waals surface area (Å²) in [5.74, 6) is 0.757. The number of hydrogen-bond donors (Lipinski definition) is 1. The van der Waals surface area contributed by atoms with Gasteiger partial charge in [0.2, 0.25) is 5.91 Å². The average Bonchev–Trinajstić information content (AvgIpc) is 3.67. The molecule has 43 heavy (non-hydrogen) atoms. The fourth-order valence-electron chi connectivity index (χ4n) is 6.25. The molecular weight excluding hydrogens is 544 g/mol. The maximum atomic E-state index is 13.4. The third-order valence-electron chi connectivity index (χ3n) is 8.45. The van der Waals surface area contributed by atoms with Crippen LogP contribution in [0.5, 0.6) is 0 Å². The first kappa shape index (κ1) is 27.0. The van der Waals surface area contributed by atoms with Gasteiger partial charge in [-0.3, -0.25) is 9.36 Å². The summed E-state index contributed by atoms with van der Waals surface area (Å²) < 4.78 is 15.3. The highest BCUT2D eigenvalue weighted by atomic mass is 16.6. The first-order chi connectivity index (χ1) is 20.6. The normalized spacial score (nSPS) is 18.5. The van der Waals surface area contributed by atoms with Gasteiger partial charge < -0.3 is 24.3 Å². The van der Waals surface area contributed by atoms with Gasteiger partial charge in [-0.25, -0.2) is 14.6 Å². The van der Waals surface area contributed by atoms with Crippen molar-refractivity contribution in [3.63, 3.8) is 0 Å². The van der Waals surface area contributed by atoms with Crippen molar-refractivity contribution in [2.45, 2.75) is 44.9 Å². The second kappa shape index (κ2) is 9.85. The highest BCUT2D eigenvalue weighted by Gasteiger charge is 2.52. The van der Waals surface area contributed by atoms with E-state index in [1.807, 2.05) is 68.3 Å². The lowest BCUT2D eigenvalue weighted by molar-refractivity contribution is -0.121. The van der Waals surface area contributed by atoms with E-state index in [9.17, 15) is 9.59 Å². The molecule has 7 rings (SSSR count). The van der Waals surface area contributed by atoms with Gasteiger partial charge in [0, 0.05) is 55.3 Å². The van der Waals surface area contributed by atoms with Crippen LogP contribution in [0.2, 0.25) is 0 Å². The molecule has 2 amide bonds. The van der Waals surface area contributed by atoms with Gasteiger partial charge in [-0.15, -0.1) is 0 Å². The zero-order valence-electron chi connectivity index (χ0n) is 24.3. The van der Waals surface area contributed by atoms with Crippen LogP contribution in [0.15, 0.2) is 67.1 Å². The Bertz CT molecular complexity index is 1780. The topological polar surface area (TPSA) is 95.0 Å². The fourth-order valence-corrected chi connectivity index (χ4v) is 6.25. The zero-order valence-corrected chi connectivity index (χ0v) is 24.3. The van der Waals surface area contributed by atoms with Crippen molar-refractivity contribution >= 4 is 23.4 Å². The smallest absolute Gasteiger partial charge is 0.408 e. The zero-order chi connectivity index (χ0) is 29.9. The summed E-state index contributed by atoms with van der Waals surface area (Å²) in [4.78, 5) is 36.0. The number of aromatic nitrogens is 3. The molecule has 1 atom stereocenters. The van der Waals surface area contributed by atoms with Gasteiger partial charge in [0.1, 0.15) is 5.60 Å². The lowest BCUT2D eigenvalue weighted by atomic mass is 9.81. The summed E-state index contributed by atoms with van der Waals surface area (Å²) in [6.45, 7) is 14.5. The van der Waals surface area contributed by atoms with Crippen LogP contribution >= 0.6 is 0 Å². The second-order valence-electron chi connectivity index (χ2n) is 12.5. The average molecular weight is 577 g/mol. The van der Waals surface area contributed by atoms with Crippen molar-refractivity contribution < 1.29 is 19.1 Å². The maximum absolute atomic E-state index is 13.4. The number of nitrogens with zero attached hydrogens (tertiary/aromatic N) is 5. The third kappa shape index (κ3) is 4.76. The highest BCUT2D eigenvalue weighted by Crippen LogP contribution is 2.39. The van der Waals surface area contributed by atoms with Crippen molar-refractivity contribution in [3.05, 3.63) is 84.1 Å². The lowest BCUT2D eigenvalue weighted by Crippen LogP contribution is -2.67. The van der Waals surface area contributed by atoms with E-state index in [-0.39, 0.29) is 11.8 Å². The molecule has 0 radical (unpaired) electrons. The molecule has 2 fully saturated rings. The Morgan fingerprint density at radius 3 is 2.63 bits per heavy atom. The molecule has 3 aliphatic heterocycles. The third-order valence-corrected chi connectivity index (χ3v) is 8.45. The molecule has 10 nitrogen and oxygen atoms in total. The minimum Gasteiger partial charge on any atom is -0.444 e. The summed E-state index contributed by atoms with van der Waals surface area (Å²) in [6, 6.07) is 15.8. The van der Waals surface area contributed by atoms with Crippen molar-refractivity contribution in [1.82, 2.24) is 19.4 Å². The molecule has 10 heteroatoms. The van der Waals surface area contributed by atoms with Gasteiger partial charge in [-0.05, 0) is 56.2 Å². The lowest BCUT2D eigenvalue weighted by Gasteiger charge is -2.46. The number of rotatable bonds is 4. The van der Waals surface area contributed by atoms with E-state index >= 15 is 0 Å². The van der Waals surface area contributed by atoms with Crippen LogP contribution in [-0.2, 0) is 20.8 Å². The van der Waals surface area contributed by atoms with Gasteiger partial charge >= 0.3 is 6.09 Å². The number of anilines is 1. The number of benzene rings is 2. The van der Waals surface area contributed by atoms with E-state index in [0.29, 0.717) is 38.4 Å². The van der Waals surface area contributed by atoms with E-state index in [1.54, 1.807) is 6.20 Å². The summed E-state index contributed by atoms with van der Waals surface area (Å²) >= 11 is 0. The Labute approximate surface area is 249 Å². The Morgan fingerprint density at radius 1 is 1.14 bits per heavy atom. The molecule has 2 aromatic heterocycles. The van der Waals surface area contributed by atoms with Crippen molar-refractivity contribution in [2.24, 2.45) is 5.92 Å². The molecule has 4 aromatic rings. The largest absolute Gasteiger partial charge is 0.444 e. The SMILES string of the molecule is [C-]#[N+]c1ccc(-c2cc3n(c2)Cc2cc(N4CC(C5(NC(=O)OC(C)(C)C)COC5)CC4=O)ccc2-n2ccnc2-3)cc1. The van der Waals surface area contributed by atoms with Gasteiger partial charge in [0.05, 0.1) is 36.7 Å². The number of carbonyl (C=O) groups excluding carboxylic acids is 2. The highest BCUT2D eigenvalue weighted by molar-refractivity contribution is 5.96. The quantitative estimate of drug-likeness (QED) is 0.283. The van der Waals surface area contributed by atoms with Crippen LogP contribution in [0.1, 0.15) is 32.8 Å². The van der Waals surface area contributed by atoms with Crippen LogP contribution in [0.25, 0.3) is 33.2 Å². The van der Waals surface area contributed by atoms with E-state index in [4.69, 9.17) is 16.0 Å². The van der Waals surface area contributed by atoms with Gasteiger partial charge in [-0.2, -0.15) is 0 Å². The summed E-state index contributed by atoms with van der Waals surface area (Å²) in [7, 11) is 0. The molecular formula is C33H32N6O4. The summed E-state index contributed by atoms with van der Waals surface area (Å²) in [5.41, 5.74) is 5.33. The van der Waals surface area contributed by atoms with E-state index in [0.717, 1.165) is 39.6 Å². The predicted octanol–water partition coefficient (Wildman–Crippen LogP) is 5.57. The van der Waals surface area contributed by atoms with Crippen LogP contribution in [0.3, 0.4) is 0 Å². The van der Waals surface area contributed by atoms with Gasteiger partial charge in [0.25, 0.3) is 0 Å². The van der Waals surface area contributed by atoms with Crippen molar-refractivity contribution in [1.29, 1.82) is 0 Å². The van der Waals surface area contributed by atoms with Crippen LogP contribution in [0.4, 0.5) is 16.2 Å². The van der Waals surface area contributed by atoms with Crippen LogP contribution < -0.4 is 10.2 Å². The molecule has 0 bridgehead atoms. The fraction of sp³-hybridized carbons (Fsp3) is 0.333. The van der Waals surface area contributed by atoms with E-state index in [2.05, 4.69) is 42.6 Å². The first-order valence-electron chi connectivity index (χ1n) is 14.4. The molecule has 2 aromatic carbocycles. The molecule has 2 saturated heterocycles. The number of fused-ring (bicyclic) bond motifs is 5. The van der Waals surface area contributed by atoms with Gasteiger partial charge in [0.15, 0.2) is 11.5 Å². The molecule has 1 N–H and O–H groups in total. The number of ether oxygens (including phenoxy) is 2.